The Kier molecular flexibility index (Phi) is 7.49. The number of carbonyl (C=O) groups excluding carboxylic acids is 1. The zero-order valence-electron chi connectivity index (χ0n) is 18.4. The van der Waals surface area contributed by atoms with E-state index in [1.54, 1.807) is 13.0 Å². The molecule has 1 fully saturated rings. The molecule has 32 heavy (non-hydrogen) atoms. The minimum absolute atomic E-state index is 0.329. The van der Waals surface area contributed by atoms with Gasteiger partial charge in [0.05, 0.1) is 12.2 Å². The van der Waals surface area contributed by atoms with Crippen LogP contribution in [-0.4, -0.2) is 12.6 Å². The lowest BCUT2D eigenvalue weighted by Gasteiger charge is -2.21. The molecule has 0 amide bonds. The molecule has 1 saturated carbocycles. The van der Waals surface area contributed by atoms with E-state index in [-0.39, 0.29) is 5.97 Å². The molecular formula is C28H28ClO3. The summed E-state index contributed by atoms with van der Waals surface area (Å²) in [5.74, 6) is 1.04. The predicted octanol–water partition coefficient (Wildman–Crippen LogP) is 7.62. The van der Waals surface area contributed by atoms with Crippen LogP contribution in [0.25, 0.3) is 11.1 Å². The Morgan fingerprint density at radius 1 is 1.00 bits per heavy atom. The fraction of sp³-hybridized carbons (Fsp3) is 0.286. The zero-order valence-corrected chi connectivity index (χ0v) is 19.1. The second kappa shape index (κ2) is 10.7. The highest BCUT2D eigenvalue weighted by atomic mass is 35.5. The van der Waals surface area contributed by atoms with Gasteiger partial charge in [-0.2, -0.15) is 0 Å². The maximum Gasteiger partial charge on any atom is 0.338 e. The van der Waals surface area contributed by atoms with Crippen molar-refractivity contribution in [3.05, 3.63) is 94.9 Å². The van der Waals surface area contributed by atoms with Crippen molar-refractivity contribution < 1.29 is 14.3 Å². The van der Waals surface area contributed by atoms with Gasteiger partial charge >= 0.3 is 5.97 Å². The van der Waals surface area contributed by atoms with Crippen molar-refractivity contribution in [2.45, 2.75) is 45.1 Å². The Morgan fingerprint density at radius 2 is 1.78 bits per heavy atom. The third kappa shape index (κ3) is 5.52. The van der Waals surface area contributed by atoms with E-state index >= 15 is 0 Å². The van der Waals surface area contributed by atoms with E-state index in [1.165, 1.54) is 31.2 Å². The molecule has 165 valence electrons. The number of rotatable bonds is 7. The monoisotopic (exact) mass is 447 g/mol. The van der Waals surface area contributed by atoms with Gasteiger partial charge in [-0.3, -0.25) is 0 Å². The molecule has 4 rings (SSSR count). The number of benzene rings is 3. The molecule has 0 bridgehead atoms. The lowest BCUT2D eigenvalue weighted by Crippen LogP contribution is -2.07. The molecule has 0 aliphatic heterocycles. The van der Waals surface area contributed by atoms with Gasteiger partial charge in [0, 0.05) is 5.02 Å². The van der Waals surface area contributed by atoms with Crippen molar-refractivity contribution in [2.75, 3.05) is 6.61 Å². The van der Waals surface area contributed by atoms with Gasteiger partial charge in [-0.25, -0.2) is 4.79 Å². The van der Waals surface area contributed by atoms with Gasteiger partial charge in [0.25, 0.3) is 0 Å². The number of hydrogen-bond donors (Lipinski definition) is 0. The average molecular weight is 448 g/mol. The molecule has 3 aromatic rings. The second-order valence-electron chi connectivity index (χ2n) is 8.08. The number of esters is 1. The fourth-order valence-corrected chi connectivity index (χ4v) is 4.31. The summed E-state index contributed by atoms with van der Waals surface area (Å²) >= 11 is 6.06. The molecule has 3 nitrogen and oxygen atoms in total. The van der Waals surface area contributed by atoms with E-state index in [1.807, 2.05) is 48.5 Å². The summed E-state index contributed by atoms with van der Waals surface area (Å²) in [6.45, 7) is 2.49. The summed E-state index contributed by atoms with van der Waals surface area (Å²) in [4.78, 5) is 12.3. The summed E-state index contributed by atoms with van der Waals surface area (Å²) in [6, 6.07) is 21.7. The van der Waals surface area contributed by atoms with Crippen LogP contribution in [0.2, 0.25) is 5.02 Å². The molecule has 1 aliphatic carbocycles. The van der Waals surface area contributed by atoms with E-state index in [0.29, 0.717) is 29.7 Å². The molecule has 0 aromatic heterocycles. The maximum atomic E-state index is 12.3. The van der Waals surface area contributed by atoms with Gasteiger partial charge < -0.3 is 9.47 Å². The molecule has 4 heteroatoms. The first-order chi connectivity index (χ1) is 15.6. The quantitative estimate of drug-likeness (QED) is 0.349. The van der Waals surface area contributed by atoms with Gasteiger partial charge in [0.15, 0.2) is 0 Å². The normalized spacial score (nSPS) is 14.2. The molecule has 1 unspecified atom stereocenters. The van der Waals surface area contributed by atoms with Crippen molar-refractivity contribution in [3.8, 4) is 16.9 Å². The van der Waals surface area contributed by atoms with Crippen molar-refractivity contribution in [3.63, 3.8) is 0 Å². The van der Waals surface area contributed by atoms with E-state index < -0.39 is 0 Å². The highest BCUT2D eigenvalue weighted by Gasteiger charge is 2.16. The van der Waals surface area contributed by atoms with E-state index in [4.69, 9.17) is 21.1 Å². The highest BCUT2D eigenvalue weighted by molar-refractivity contribution is 6.30. The first kappa shape index (κ1) is 22.4. The van der Waals surface area contributed by atoms with Crippen LogP contribution in [0.5, 0.6) is 5.75 Å². The zero-order chi connectivity index (χ0) is 22.3. The van der Waals surface area contributed by atoms with Gasteiger partial charge in [-0.05, 0) is 90.8 Å². The Hall–Kier alpha value is -2.78. The van der Waals surface area contributed by atoms with Crippen molar-refractivity contribution in [1.82, 2.24) is 0 Å². The Labute approximate surface area is 195 Å². The fourth-order valence-electron chi connectivity index (χ4n) is 4.19. The predicted molar refractivity (Wildman–Crippen MR) is 129 cm³/mol. The van der Waals surface area contributed by atoms with E-state index in [0.717, 1.165) is 22.4 Å². The third-order valence-electron chi connectivity index (χ3n) is 5.89. The van der Waals surface area contributed by atoms with E-state index in [2.05, 4.69) is 18.6 Å². The molecule has 0 N–H and O–H groups in total. The Morgan fingerprint density at radius 3 is 2.47 bits per heavy atom. The summed E-state index contributed by atoms with van der Waals surface area (Å²) in [5, 5.41) is 0.685. The highest BCUT2D eigenvalue weighted by Crippen LogP contribution is 2.33. The van der Waals surface area contributed by atoms with Crippen LogP contribution in [0.3, 0.4) is 0 Å². The Bertz CT molecular complexity index is 1040. The number of ether oxygens (including phenoxy) is 2. The standard InChI is InChI=1S/C28H28ClO3/c1-2-31-28(30)23-12-17-27(22-8-13-25(29)14-9-22)24(18-23)19-32-26-15-10-21(11-16-26)20-6-4-3-5-7-20/h6,8-18,20H,2-5,7,19H2,1H3. The first-order valence-corrected chi connectivity index (χ1v) is 11.6. The largest absolute Gasteiger partial charge is 0.489 e. The summed E-state index contributed by atoms with van der Waals surface area (Å²) < 4.78 is 11.3. The van der Waals surface area contributed by atoms with Crippen molar-refractivity contribution in [2.24, 2.45) is 0 Å². The molecule has 3 aromatic carbocycles. The third-order valence-corrected chi connectivity index (χ3v) is 6.15. The van der Waals surface area contributed by atoms with Crippen molar-refractivity contribution >= 4 is 17.6 Å². The van der Waals surface area contributed by atoms with Gasteiger partial charge in [0.1, 0.15) is 12.4 Å². The minimum Gasteiger partial charge on any atom is -0.489 e. The summed E-state index contributed by atoms with van der Waals surface area (Å²) in [5.41, 5.74) is 4.81. The van der Waals surface area contributed by atoms with Crippen LogP contribution in [0.1, 0.15) is 60.0 Å². The van der Waals surface area contributed by atoms with Gasteiger partial charge in [-0.1, -0.05) is 54.8 Å². The first-order valence-electron chi connectivity index (χ1n) is 11.3. The molecule has 0 saturated heterocycles. The SMILES string of the molecule is CCOC(=O)c1ccc(-c2ccc(Cl)cc2)c(COc2ccc(C3[CH]CCCC3)cc2)c1. The van der Waals surface area contributed by atoms with Crippen LogP contribution in [0.4, 0.5) is 0 Å². The lowest BCUT2D eigenvalue weighted by atomic mass is 9.84. The van der Waals surface area contributed by atoms with Crippen LogP contribution in [-0.2, 0) is 11.3 Å². The smallest absolute Gasteiger partial charge is 0.338 e. The van der Waals surface area contributed by atoms with Gasteiger partial charge in [0.2, 0.25) is 0 Å². The number of carbonyl (C=O) groups is 1. The summed E-state index contributed by atoms with van der Waals surface area (Å²) in [7, 11) is 0. The molecule has 0 spiro atoms. The molecular weight excluding hydrogens is 420 g/mol. The van der Waals surface area contributed by atoms with Crippen LogP contribution >= 0.6 is 11.6 Å². The number of hydrogen-bond acceptors (Lipinski definition) is 3. The molecule has 1 atom stereocenters. The topological polar surface area (TPSA) is 35.5 Å². The van der Waals surface area contributed by atoms with Crippen LogP contribution in [0, 0.1) is 6.42 Å². The van der Waals surface area contributed by atoms with Crippen LogP contribution in [0.15, 0.2) is 66.7 Å². The van der Waals surface area contributed by atoms with Gasteiger partial charge in [-0.15, -0.1) is 0 Å². The minimum atomic E-state index is -0.329. The lowest BCUT2D eigenvalue weighted by molar-refractivity contribution is 0.0526. The molecule has 1 aliphatic rings. The molecule has 0 heterocycles. The summed E-state index contributed by atoms with van der Waals surface area (Å²) in [6.07, 6.45) is 7.46. The average Bonchev–Trinajstić information content (AvgIpc) is 2.84. The van der Waals surface area contributed by atoms with E-state index in [9.17, 15) is 4.79 Å². The number of halogens is 1. The Balaban J connectivity index is 1.54. The van der Waals surface area contributed by atoms with Crippen LogP contribution < -0.4 is 4.74 Å². The van der Waals surface area contributed by atoms with Crippen molar-refractivity contribution in [1.29, 1.82) is 0 Å². The molecule has 1 radical (unpaired) electrons. The maximum absolute atomic E-state index is 12.3. The second-order valence-corrected chi connectivity index (χ2v) is 8.52.